The van der Waals surface area contributed by atoms with E-state index in [1.807, 2.05) is 0 Å². The van der Waals surface area contributed by atoms with E-state index in [-0.39, 0.29) is 5.97 Å². The van der Waals surface area contributed by atoms with E-state index >= 15 is 0 Å². The van der Waals surface area contributed by atoms with Crippen molar-refractivity contribution in [1.29, 1.82) is 0 Å². The number of hydrogen-bond donors (Lipinski definition) is 1. The van der Waals surface area contributed by atoms with E-state index < -0.39 is 0 Å². The van der Waals surface area contributed by atoms with Gasteiger partial charge in [0.05, 0.1) is 23.3 Å². The zero-order valence-electron chi connectivity index (χ0n) is 8.64. The first-order valence-electron chi connectivity index (χ1n) is 4.30. The fraction of sp³-hybridized carbons (Fsp3) is 0.200. The summed E-state index contributed by atoms with van der Waals surface area (Å²) in [4.78, 5) is 12.0. The molecule has 0 aliphatic rings. The standard InChI is InChI=1S/C10H9Br2NO2S/c1-5(16)13-9-7(11)3-6(4-8(9)12)10(14)15-2/h3-4H,1-2H3,(H,13,16). The third kappa shape index (κ3) is 3.26. The summed E-state index contributed by atoms with van der Waals surface area (Å²) < 4.78 is 6.12. The highest BCUT2D eigenvalue weighted by molar-refractivity contribution is 9.11. The topological polar surface area (TPSA) is 38.3 Å². The monoisotopic (exact) mass is 365 g/mol. The number of benzene rings is 1. The van der Waals surface area contributed by atoms with Gasteiger partial charge in [-0.2, -0.15) is 0 Å². The summed E-state index contributed by atoms with van der Waals surface area (Å²) in [6.45, 7) is 1.78. The molecule has 0 atom stereocenters. The second kappa shape index (κ2) is 5.75. The molecule has 1 rings (SSSR count). The van der Waals surface area contributed by atoms with Gasteiger partial charge >= 0.3 is 5.97 Å². The molecule has 16 heavy (non-hydrogen) atoms. The molecular weight excluding hydrogens is 358 g/mol. The smallest absolute Gasteiger partial charge is 0.337 e. The maximum Gasteiger partial charge on any atom is 0.337 e. The molecule has 0 aliphatic carbocycles. The summed E-state index contributed by atoms with van der Waals surface area (Å²) in [5, 5.41) is 3.01. The van der Waals surface area contributed by atoms with Crippen molar-refractivity contribution in [2.24, 2.45) is 0 Å². The van der Waals surface area contributed by atoms with Gasteiger partial charge in [-0.1, -0.05) is 12.2 Å². The van der Waals surface area contributed by atoms with Gasteiger partial charge in [0, 0.05) is 8.95 Å². The molecule has 1 N–H and O–H groups in total. The Morgan fingerprint density at radius 1 is 1.38 bits per heavy atom. The van der Waals surface area contributed by atoms with Crippen molar-refractivity contribution in [2.75, 3.05) is 12.4 Å². The van der Waals surface area contributed by atoms with E-state index in [0.717, 1.165) is 14.6 Å². The van der Waals surface area contributed by atoms with Crippen molar-refractivity contribution in [2.45, 2.75) is 6.92 Å². The minimum absolute atomic E-state index is 0.382. The number of thiocarbonyl (C=S) groups is 1. The zero-order valence-corrected chi connectivity index (χ0v) is 12.6. The third-order valence-corrected chi connectivity index (χ3v) is 3.12. The van der Waals surface area contributed by atoms with E-state index in [4.69, 9.17) is 12.2 Å². The number of nitrogens with one attached hydrogen (secondary N) is 1. The number of methoxy groups -OCH3 is 1. The molecule has 86 valence electrons. The fourth-order valence-electron chi connectivity index (χ4n) is 1.10. The third-order valence-electron chi connectivity index (χ3n) is 1.76. The van der Waals surface area contributed by atoms with Crippen molar-refractivity contribution in [1.82, 2.24) is 0 Å². The van der Waals surface area contributed by atoms with E-state index in [2.05, 4.69) is 41.9 Å². The molecule has 6 heteroatoms. The van der Waals surface area contributed by atoms with Crippen molar-refractivity contribution < 1.29 is 9.53 Å². The molecule has 0 bridgehead atoms. The van der Waals surface area contributed by atoms with Crippen molar-refractivity contribution >= 4 is 60.7 Å². The van der Waals surface area contributed by atoms with Gasteiger partial charge in [0.2, 0.25) is 0 Å². The fourth-order valence-corrected chi connectivity index (χ4v) is 2.59. The molecule has 0 fully saturated rings. The Bertz CT molecular complexity index is 425. The lowest BCUT2D eigenvalue weighted by molar-refractivity contribution is 0.0600. The van der Waals surface area contributed by atoms with Crippen LogP contribution in [0.2, 0.25) is 0 Å². The van der Waals surface area contributed by atoms with Crippen LogP contribution in [0.1, 0.15) is 17.3 Å². The lowest BCUT2D eigenvalue weighted by Crippen LogP contribution is -2.07. The van der Waals surface area contributed by atoms with Gasteiger partial charge in [0.15, 0.2) is 0 Å². The Balaban J connectivity index is 3.17. The Morgan fingerprint density at radius 2 is 1.88 bits per heavy atom. The molecule has 0 radical (unpaired) electrons. The van der Waals surface area contributed by atoms with Crippen LogP contribution in [0, 0.1) is 0 Å². The maximum atomic E-state index is 11.3. The minimum Gasteiger partial charge on any atom is -0.465 e. The highest BCUT2D eigenvalue weighted by atomic mass is 79.9. The largest absolute Gasteiger partial charge is 0.465 e. The summed E-state index contributed by atoms with van der Waals surface area (Å²) >= 11 is 11.7. The van der Waals surface area contributed by atoms with E-state index in [1.54, 1.807) is 19.1 Å². The molecule has 0 unspecified atom stereocenters. The van der Waals surface area contributed by atoms with Gasteiger partial charge < -0.3 is 10.1 Å². The lowest BCUT2D eigenvalue weighted by atomic mass is 10.2. The molecule has 0 amide bonds. The summed E-state index contributed by atoms with van der Waals surface area (Å²) in [5.74, 6) is -0.382. The Labute approximate surface area is 116 Å². The van der Waals surface area contributed by atoms with Crippen LogP contribution in [-0.2, 0) is 4.74 Å². The molecule has 1 aromatic rings. The van der Waals surface area contributed by atoms with Gasteiger partial charge in [-0.3, -0.25) is 0 Å². The molecule has 1 aromatic carbocycles. The average molecular weight is 367 g/mol. The van der Waals surface area contributed by atoms with Crippen LogP contribution in [0.5, 0.6) is 0 Å². The number of hydrogen-bond acceptors (Lipinski definition) is 3. The highest BCUT2D eigenvalue weighted by Gasteiger charge is 2.12. The average Bonchev–Trinajstić information content (AvgIpc) is 2.21. The second-order valence-corrected chi connectivity index (χ2v) is 5.31. The Kier molecular flexibility index (Phi) is 4.89. The molecular formula is C10H9Br2NO2S. The van der Waals surface area contributed by atoms with Gasteiger partial charge in [0.25, 0.3) is 0 Å². The van der Waals surface area contributed by atoms with E-state index in [0.29, 0.717) is 10.6 Å². The number of carbonyl (C=O) groups excluding carboxylic acids is 1. The second-order valence-electron chi connectivity index (χ2n) is 2.99. The maximum absolute atomic E-state index is 11.3. The normalized spacial score (nSPS) is 9.75. The number of ether oxygens (including phenoxy) is 1. The van der Waals surface area contributed by atoms with Crippen molar-refractivity contribution in [3.63, 3.8) is 0 Å². The minimum atomic E-state index is -0.382. The molecule has 0 saturated carbocycles. The van der Waals surface area contributed by atoms with Gasteiger partial charge in [0.1, 0.15) is 0 Å². The number of esters is 1. The van der Waals surface area contributed by atoms with E-state index in [9.17, 15) is 4.79 Å². The van der Waals surface area contributed by atoms with Crippen LogP contribution in [0.4, 0.5) is 5.69 Å². The van der Waals surface area contributed by atoms with Crippen LogP contribution in [-0.4, -0.2) is 18.1 Å². The van der Waals surface area contributed by atoms with Crippen LogP contribution in [0.25, 0.3) is 0 Å². The predicted octanol–water partition coefficient (Wildman–Crippen LogP) is 3.76. The first-order valence-corrected chi connectivity index (χ1v) is 6.30. The van der Waals surface area contributed by atoms with E-state index in [1.165, 1.54) is 7.11 Å². The van der Waals surface area contributed by atoms with Gasteiger partial charge in [-0.15, -0.1) is 0 Å². The van der Waals surface area contributed by atoms with Crippen molar-refractivity contribution in [3.05, 3.63) is 26.6 Å². The van der Waals surface area contributed by atoms with Gasteiger partial charge in [-0.05, 0) is 50.9 Å². The summed E-state index contributed by atoms with van der Waals surface area (Å²) in [7, 11) is 1.34. The van der Waals surface area contributed by atoms with Gasteiger partial charge in [-0.25, -0.2) is 4.79 Å². The number of halogens is 2. The lowest BCUT2D eigenvalue weighted by Gasteiger charge is -2.10. The Hall–Kier alpha value is -0.460. The zero-order chi connectivity index (χ0) is 12.3. The first kappa shape index (κ1) is 13.6. The number of rotatable bonds is 2. The highest BCUT2D eigenvalue weighted by Crippen LogP contribution is 2.32. The molecule has 0 spiro atoms. The van der Waals surface area contributed by atoms with Crippen LogP contribution in [0.15, 0.2) is 21.1 Å². The molecule has 0 aromatic heterocycles. The molecule has 3 nitrogen and oxygen atoms in total. The Morgan fingerprint density at radius 3 is 2.25 bits per heavy atom. The summed E-state index contributed by atoms with van der Waals surface area (Å²) in [5.41, 5.74) is 1.26. The number of anilines is 1. The molecule has 0 aliphatic heterocycles. The van der Waals surface area contributed by atoms with Crippen LogP contribution < -0.4 is 5.32 Å². The summed E-state index contributed by atoms with van der Waals surface area (Å²) in [6.07, 6.45) is 0. The summed E-state index contributed by atoms with van der Waals surface area (Å²) in [6, 6.07) is 3.36. The predicted molar refractivity (Wildman–Crippen MR) is 75.1 cm³/mol. The number of carbonyl (C=O) groups is 1. The first-order chi connectivity index (χ1) is 7.45. The molecule has 0 heterocycles. The van der Waals surface area contributed by atoms with Crippen LogP contribution >= 0.6 is 44.1 Å². The SMILES string of the molecule is COC(=O)c1cc(Br)c(NC(C)=S)c(Br)c1. The quantitative estimate of drug-likeness (QED) is 0.638. The van der Waals surface area contributed by atoms with Crippen LogP contribution in [0.3, 0.4) is 0 Å². The molecule has 0 saturated heterocycles. The van der Waals surface area contributed by atoms with Crippen molar-refractivity contribution in [3.8, 4) is 0 Å².